The van der Waals surface area contributed by atoms with E-state index in [1.54, 1.807) is 88.8 Å². The van der Waals surface area contributed by atoms with E-state index in [2.05, 4.69) is 65.9 Å². The quantitative estimate of drug-likeness (QED) is 0.137. The highest BCUT2D eigenvalue weighted by molar-refractivity contribution is 6.13. The number of aromatic nitrogens is 14. The lowest BCUT2D eigenvalue weighted by Crippen LogP contribution is -2.15. The van der Waals surface area contributed by atoms with E-state index < -0.39 is 34.6 Å². The van der Waals surface area contributed by atoms with Gasteiger partial charge >= 0.3 is 12.4 Å². The predicted molar refractivity (Wildman–Crippen MR) is 288 cm³/mol. The third kappa shape index (κ3) is 8.83. The second kappa shape index (κ2) is 18.6. The molecule has 0 aliphatic rings. The maximum Gasteiger partial charge on any atom is 0.417 e. The van der Waals surface area contributed by atoms with Crippen LogP contribution in [0.4, 0.5) is 26.3 Å². The van der Waals surface area contributed by atoms with Crippen molar-refractivity contribution in [3.05, 3.63) is 166 Å². The van der Waals surface area contributed by atoms with Gasteiger partial charge in [-0.2, -0.15) is 31.6 Å². The molecule has 21 heteroatoms. The van der Waals surface area contributed by atoms with Crippen LogP contribution >= 0.6 is 0 Å². The topological polar surface area (TPSA) is 188 Å². The molecule has 15 nitrogen and oxygen atoms in total. The molecule has 0 fully saturated rings. The Labute approximate surface area is 450 Å². The molecule has 0 aliphatic carbocycles. The van der Waals surface area contributed by atoms with E-state index in [0.29, 0.717) is 148 Å². The normalized spacial score (nSPS) is 12.1. The molecule has 6 heterocycles. The monoisotopic (exact) mass is 1070 g/mol. The van der Waals surface area contributed by atoms with Crippen molar-refractivity contribution in [1.29, 1.82) is 5.26 Å². The summed E-state index contributed by atoms with van der Waals surface area (Å²) in [6.45, 7) is 13.8. The first-order valence-electron chi connectivity index (χ1n) is 24.9. The van der Waals surface area contributed by atoms with Crippen molar-refractivity contribution in [3.8, 4) is 74.1 Å². The fraction of sp³-hybridized carbons (Fsp3) is 0.169. The molecule has 0 unspecified atom stereocenters. The second-order valence-corrected chi connectivity index (χ2v) is 19.3. The minimum Gasteiger partial charge on any atom is -0.308 e. The van der Waals surface area contributed by atoms with Crippen LogP contribution in [-0.2, 0) is 12.4 Å². The molecule has 0 saturated carbocycles. The Morgan fingerprint density at radius 1 is 0.350 bits per heavy atom. The van der Waals surface area contributed by atoms with Gasteiger partial charge in [0.2, 0.25) is 0 Å². The molecule has 0 aliphatic heterocycles. The summed E-state index contributed by atoms with van der Waals surface area (Å²) in [4.78, 5) is 54.4. The molecular weight excluding hydrogens is 1030 g/mol. The number of benzene rings is 6. The van der Waals surface area contributed by atoms with Crippen LogP contribution in [-0.4, -0.2) is 68.9 Å². The molecule has 6 aromatic heterocycles. The molecule has 0 bridgehead atoms. The van der Waals surface area contributed by atoms with Gasteiger partial charge in [-0.15, -0.1) is 0 Å². The van der Waals surface area contributed by atoms with E-state index in [0.717, 1.165) is 6.07 Å². The van der Waals surface area contributed by atoms with Crippen molar-refractivity contribution in [2.24, 2.45) is 0 Å². The fourth-order valence-corrected chi connectivity index (χ4v) is 10.7. The molecule has 12 rings (SSSR count). The van der Waals surface area contributed by atoms with Crippen LogP contribution in [0.3, 0.4) is 0 Å². The van der Waals surface area contributed by atoms with E-state index in [1.165, 1.54) is 12.1 Å². The number of hydrogen-bond donors (Lipinski definition) is 0. The Kier molecular flexibility index (Phi) is 11.8. The van der Waals surface area contributed by atoms with E-state index in [9.17, 15) is 5.26 Å². The van der Waals surface area contributed by atoms with Gasteiger partial charge in [-0.05, 0) is 109 Å². The molecule has 0 N–H and O–H groups in total. The zero-order valence-electron chi connectivity index (χ0n) is 43.8. The number of nitrogens with zero attached hydrogens (tertiary/aromatic N) is 15. The third-order valence-corrected chi connectivity index (χ3v) is 13.7. The van der Waals surface area contributed by atoms with E-state index in [-0.39, 0.29) is 16.9 Å². The van der Waals surface area contributed by atoms with E-state index >= 15 is 26.3 Å². The fourth-order valence-electron chi connectivity index (χ4n) is 10.7. The van der Waals surface area contributed by atoms with Crippen molar-refractivity contribution in [2.75, 3.05) is 0 Å². The van der Waals surface area contributed by atoms with E-state index in [1.807, 2.05) is 48.5 Å². The Morgan fingerprint density at radius 3 is 0.850 bits per heavy atom. The molecule has 6 aromatic carbocycles. The van der Waals surface area contributed by atoms with Crippen LogP contribution in [0.25, 0.3) is 112 Å². The smallest absolute Gasteiger partial charge is 0.308 e. The van der Waals surface area contributed by atoms with Gasteiger partial charge in [-0.25, -0.2) is 59.8 Å². The molecule has 80 heavy (non-hydrogen) atoms. The van der Waals surface area contributed by atoms with Crippen LogP contribution < -0.4 is 0 Å². The predicted octanol–water partition coefficient (Wildman–Crippen LogP) is 13.3. The van der Waals surface area contributed by atoms with Gasteiger partial charge in [-0.1, -0.05) is 54.6 Å². The Bertz CT molecular complexity index is 4070. The highest BCUT2D eigenvalue weighted by Crippen LogP contribution is 2.48. The van der Waals surface area contributed by atoms with Crippen molar-refractivity contribution in [3.63, 3.8) is 0 Å². The van der Waals surface area contributed by atoms with E-state index in [4.69, 9.17) is 0 Å². The molecule has 12 aromatic rings. The summed E-state index contributed by atoms with van der Waals surface area (Å²) in [6.07, 6.45) is -10.6. The number of hydrogen-bond acceptors (Lipinski definition) is 13. The second-order valence-electron chi connectivity index (χ2n) is 19.3. The number of rotatable bonds is 7. The average Bonchev–Trinajstić information content (AvgIpc) is 4.02. The van der Waals surface area contributed by atoms with Crippen molar-refractivity contribution < 1.29 is 26.3 Å². The minimum absolute atomic E-state index is 0.0693. The molecule has 0 saturated heterocycles. The lowest BCUT2D eigenvalue weighted by Gasteiger charge is -2.22. The van der Waals surface area contributed by atoms with Crippen LogP contribution in [0.15, 0.2) is 103 Å². The van der Waals surface area contributed by atoms with Crippen LogP contribution in [0.2, 0.25) is 0 Å². The first-order chi connectivity index (χ1) is 38.1. The summed E-state index contributed by atoms with van der Waals surface area (Å²) in [5.41, 5.74) is -1.38. The lowest BCUT2D eigenvalue weighted by molar-refractivity contribution is -0.142. The molecule has 0 spiro atoms. The summed E-state index contributed by atoms with van der Waals surface area (Å²) in [6, 6.07) is 28.5. The highest BCUT2D eigenvalue weighted by Gasteiger charge is 2.42. The Balaban J connectivity index is 1.29. The standard InChI is InChI=1S/C59H41F6N15/c1-27-67-28(2)72-54(71-27)35-12-16-40-41-17-13-36(55-73-29(3)68-30(4)74-55)21-48(41)79(47(40)20-35)51-24-39(53-45(58(60,61)62)10-9-11-46(53)59(63,64)65)25-52(44(51)26-66)80-49-22-37(56-75-31(5)69-32(6)76-56)14-18-42(49)43-19-15-38(23-50(43)80)57-77-33(7)70-34(8)78-57/h9-25H,1-8H3. The van der Waals surface area contributed by atoms with Crippen LogP contribution in [0.5, 0.6) is 0 Å². The summed E-state index contributed by atoms with van der Waals surface area (Å²) in [5.74, 6) is 4.72. The molecule has 0 atom stereocenters. The number of alkyl halides is 6. The van der Waals surface area contributed by atoms with Gasteiger partial charge in [0.15, 0.2) is 23.3 Å². The van der Waals surface area contributed by atoms with Gasteiger partial charge in [0.25, 0.3) is 0 Å². The Hall–Kier alpha value is -9.97. The largest absolute Gasteiger partial charge is 0.417 e. The highest BCUT2D eigenvalue weighted by atomic mass is 19.4. The zero-order valence-corrected chi connectivity index (χ0v) is 43.8. The number of halogens is 6. The Morgan fingerprint density at radius 2 is 0.613 bits per heavy atom. The first kappa shape index (κ1) is 50.8. The maximum absolute atomic E-state index is 15.6. The summed E-state index contributed by atoms with van der Waals surface area (Å²) in [7, 11) is 0. The van der Waals surface area contributed by atoms with Crippen molar-refractivity contribution >= 4 is 43.6 Å². The van der Waals surface area contributed by atoms with Crippen molar-refractivity contribution in [1.82, 2.24) is 68.9 Å². The summed E-state index contributed by atoms with van der Waals surface area (Å²) < 4.78 is 96.8. The zero-order chi connectivity index (χ0) is 56.3. The number of aryl methyl sites for hydroxylation is 8. The van der Waals surface area contributed by atoms with Gasteiger partial charge in [0.1, 0.15) is 58.2 Å². The molecule has 0 radical (unpaired) electrons. The molecular formula is C59H41F6N15. The number of fused-ring (bicyclic) bond motifs is 6. The van der Waals surface area contributed by atoms with Gasteiger partial charge in [0.05, 0.1) is 44.6 Å². The van der Waals surface area contributed by atoms with Crippen molar-refractivity contribution in [2.45, 2.75) is 67.7 Å². The minimum atomic E-state index is -5.29. The van der Waals surface area contributed by atoms with Gasteiger partial charge < -0.3 is 9.13 Å². The molecule has 394 valence electrons. The average molecular weight is 1070 g/mol. The van der Waals surface area contributed by atoms with Crippen LogP contribution in [0.1, 0.15) is 63.3 Å². The summed E-state index contributed by atoms with van der Waals surface area (Å²) >= 11 is 0. The third-order valence-electron chi connectivity index (χ3n) is 13.7. The van der Waals surface area contributed by atoms with Gasteiger partial charge in [-0.3, -0.25) is 0 Å². The number of nitriles is 1. The summed E-state index contributed by atoms with van der Waals surface area (Å²) in [5, 5.41) is 14.4. The maximum atomic E-state index is 15.6. The SMILES string of the molecule is Cc1nc(C)nc(-c2ccc3c4ccc(-c5nc(C)nc(C)n5)cc4n(-c4cc(-c5c(C(F)(F)F)cccc5C(F)(F)F)cc(-n5c6cc(-c7nc(C)nc(C)n7)ccc6c6ccc(-c7nc(C)nc(C)n7)cc65)c4C#N)c3c2)n1. The first-order valence-corrected chi connectivity index (χ1v) is 24.9. The lowest BCUT2D eigenvalue weighted by atomic mass is 9.91. The molecule has 0 amide bonds. The van der Waals surface area contributed by atoms with Gasteiger partial charge in [0, 0.05) is 49.4 Å². The van der Waals surface area contributed by atoms with Crippen LogP contribution in [0, 0.1) is 66.7 Å².